The molecule has 0 spiro atoms. The molecule has 0 aromatic carbocycles. The molecule has 1 heterocycles. The monoisotopic (exact) mass is 228 g/mol. The van der Waals surface area contributed by atoms with Gasteiger partial charge in [-0.15, -0.1) is 5.10 Å². The molecule has 0 bridgehead atoms. The Morgan fingerprint density at radius 2 is 2.31 bits per heavy atom. The van der Waals surface area contributed by atoms with E-state index in [4.69, 9.17) is 4.74 Å². The van der Waals surface area contributed by atoms with Crippen molar-refractivity contribution >= 4 is 5.97 Å². The Bertz CT molecular complexity index is 352. The van der Waals surface area contributed by atoms with Gasteiger partial charge in [0.05, 0.1) is 0 Å². The highest BCUT2D eigenvalue weighted by molar-refractivity contribution is 5.72. The van der Waals surface area contributed by atoms with Crippen LogP contribution in [0.2, 0.25) is 0 Å². The third-order valence-electron chi connectivity index (χ3n) is 2.53. The smallest absolute Gasteiger partial charge is 0.328 e. The first kappa shape index (κ1) is 12.6. The van der Waals surface area contributed by atoms with Crippen molar-refractivity contribution in [3.63, 3.8) is 0 Å². The van der Waals surface area contributed by atoms with Gasteiger partial charge >= 0.3 is 5.97 Å². The predicted molar refractivity (Wildman–Crippen MR) is 54.7 cm³/mol. The van der Waals surface area contributed by atoms with E-state index in [0.29, 0.717) is 5.82 Å². The van der Waals surface area contributed by atoms with Crippen LogP contribution in [0.1, 0.15) is 32.1 Å². The van der Waals surface area contributed by atoms with E-state index in [2.05, 4.69) is 15.5 Å². The number of ether oxygens (including phenoxy) is 1. The van der Waals surface area contributed by atoms with E-state index in [1.54, 1.807) is 0 Å². The molecule has 0 amide bonds. The molecule has 16 heavy (non-hydrogen) atoms. The van der Waals surface area contributed by atoms with Crippen molar-refractivity contribution in [3.05, 3.63) is 5.82 Å². The highest BCUT2D eigenvalue weighted by atomic mass is 16.5. The van der Waals surface area contributed by atoms with Gasteiger partial charge in [-0.1, -0.05) is 20.3 Å². The molecule has 0 aliphatic carbocycles. The van der Waals surface area contributed by atoms with Gasteiger partial charge in [-0.2, -0.15) is 0 Å². The lowest BCUT2D eigenvalue weighted by Crippen LogP contribution is -2.28. The predicted octanol–water partition coefficient (Wildman–Crippen LogP) is 0.491. The van der Waals surface area contributed by atoms with Crippen molar-refractivity contribution in [2.45, 2.75) is 32.9 Å². The zero-order chi connectivity index (χ0) is 12.1. The van der Waals surface area contributed by atoms with Crippen molar-refractivity contribution in [2.24, 2.45) is 5.92 Å². The van der Waals surface area contributed by atoms with Crippen LogP contribution in [0.3, 0.4) is 0 Å². The Morgan fingerprint density at radius 1 is 1.62 bits per heavy atom. The Balaban J connectivity index is 3.01. The second-order valence-corrected chi connectivity index (χ2v) is 3.64. The number of carboxylic acid groups (broad SMARTS) is 1. The first-order valence-electron chi connectivity index (χ1n) is 5.10. The number of tetrazole rings is 1. The van der Waals surface area contributed by atoms with Crippen LogP contribution in [0, 0.1) is 5.92 Å². The van der Waals surface area contributed by atoms with Gasteiger partial charge in [0.1, 0.15) is 6.61 Å². The number of carboxylic acids is 1. The minimum Gasteiger partial charge on any atom is -0.480 e. The Hall–Kier alpha value is -1.50. The average Bonchev–Trinajstić information content (AvgIpc) is 2.66. The van der Waals surface area contributed by atoms with Crippen molar-refractivity contribution < 1.29 is 14.6 Å². The van der Waals surface area contributed by atoms with Gasteiger partial charge in [-0.25, -0.2) is 9.48 Å². The fraction of sp³-hybridized carbons (Fsp3) is 0.778. The highest BCUT2D eigenvalue weighted by Crippen LogP contribution is 2.21. The molecule has 0 aliphatic heterocycles. The molecule has 7 heteroatoms. The van der Waals surface area contributed by atoms with Crippen molar-refractivity contribution in [3.8, 4) is 0 Å². The molecule has 0 saturated heterocycles. The summed E-state index contributed by atoms with van der Waals surface area (Å²) < 4.78 is 6.23. The molecule has 7 nitrogen and oxygen atoms in total. The van der Waals surface area contributed by atoms with Crippen LogP contribution in [0.4, 0.5) is 0 Å². The molecule has 0 saturated carbocycles. The lowest BCUT2D eigenvalue weighted by Gasteiger charge is -2.19. The van der Waals surface area contributed by atoms with E-state index in [1.165, 1.54) is 11.8 Å². The van der Waals surface area contributed by atoms with Crippen molar-refractivity contribution in [2.75, 3.05) is 7.11 Å². The zero-order valence-electron chi connectivity index (χ0n) is 9.62. The zero-order valence-corrected chi connectivity index (χ0v) is 9.62. The standard InChI is InChI=1S/C9H16N4O3/c1-4-6(2)8(9(14)15)13-7(5-16-3)10-11-12-13/h6,8H,4-5H2,1-3H3,(H,14,15). The fourth-order valence-corrected chi connectivity index (χ4v) is 1.46. The molecule has 1 rings (SSSR count). The maximum absolute atomic E-state index is 11.2. The van der Waals surface area contributed by atoms with E-state index in [1.807, 2.05) is 13.8 Å². The summed E-state index contributed by atoms with van der Waals surface area (Å²) in [7, 11) is 1.51. The van der Waals surface area contributed by atoms with Crippen molar-refractivity contribution in [1.82, 2.24) is 20.2 Å². The molecule has 1 aromatic heterocycles. The molecule has 90 valence electrons. The molecular formula is C9H16N4O3. The second kappa shape index (κ2) is 5.55. The summed E-state index contributed by atoms with van der Waals surface area (Å²) in [4.78, 5) is 11.2. The molecule has 2 unspecified atom stereocenters. The van der Waals surface area contributed by atoms with E-state index in [-0.39, 0.29) is 12.5 Å². The molecule has 0 aliphatic rings. The maximum Gasteiger partial charge on any atom is 0.328 e. The van der Waals surface area contributed by atoms with Gasteiger partial charge in [-0.3, -0.25) is 0 Å². The Kier molecular flexibility index (Phi) is 4.36. The summed E-state index contributed by atoms with van der Waals surface area (Å²) in [6.45, 7) is 3.99. The van der Waals surface area contributed by atoms with Crippen LogP contribution >= 0.6 is 0 Å². The summed E-state index contributed by atoms with van der Waals surface area (Å²) in [6, 6.07) is -0.745. The Morgan fingerprint density at radius 3 is 2.81 bits per heavy atom. The number of nitrogens with zero attached hydrogens (tertiary/aromatic N) is 4. The summed E-state index contributed by atoms with van der Waals surface area (Å²) in [6.07, 6.45) is 0.739. The van der Waals surface area contributed by atoms with E-state index in [9.17, 15) is 9.90 Å². The van der Waals surface area contributed by atoms with Gasteiger partial charge < -0.3 is 9.84 Å². The molecular weight excluding hydrogens is 212 g/mol. The van der Waals surface area contributed by atoms with E-state index < -0.39 is 12.0 Å². The molecule has 0 radical (unpaired) electrons. The minimum absolute atomic E-state index is 0.0448. The number of methoxy groups -OCH3 is 1. The van der Waals surface area contributed by atoms with Crippen LogP contribution in [0.25, 0.3) is 0 Å². The van der Waals surface area contributed by atoms with Crippen LogP contribution in [0.5, 0.6) is 0 Å². The van der Waals surface area contributed by atoms with Gasteiger partial charge in [0.2, 0.25) is 0 Å². The topological polar surface area (TPSA) is 90.1 Å². The first-order valence-corrected chi connectivity index (χ1v) is 5.10. The van der Waals surface area contributed by atoms with E-state index in [0.717, 1.165) is 6.42 Å². The van der Waals surface area contributed by atoms with Crippen molar-refractivity contribution in [1.29, 1.82) is 0 Å². The van der Waals surface area contributed by atoms with Gasteiger partial charge in [0.25, 0.3) is 0 Å². The highest BCUT2D eigenvalue weighted by Gasteiger charge is 2.29. The van der Waals surface area contributed by atoms with Gasteiger partial charge in [-0.05, 0) is 16.3 Å². The average molecular weight is 228 g/mol. The second-order valence-electron chi connectivity index (χ2n) is 3.64. The first-order chi connectivity index (χ1) is 7.61. The number of hydrogen-bond acceptors (Lipinski definition) is 5. The quantitative estimate of drug-likeness (QED) is 0.762. The molecule has 2 atom stereocenters. The lowest BCUT2D eigenvalue weighted by molar-refractivity contribution is -0.143. The SMILES string of the molecule is CCC(C)C(C(=O)O)n1nnnc1COC. The fourth-order valence-electron chi connectivity index (χ4n) is 1.46. The van der Waals surface area contributed by atoms with Gasteiger partial charge in [0.15, 0.2) is 11.9 Å². The molecule has 1 N–H and O–H groups in total. The lowest BCUT2D eigenvalue weighted by atomic mass is 9.99. The molecule has 0 fully saturated rings. The summed E-state index contributed by atoms with van der Waals surface area (Å²) in [5.41, 5.74) is 0. The molecule has 1 aromatic rings. The number of carbonyl (C=O) groups is 1. The largest absolute Gasteiger partial charge is 0.480 e. The third-order valence-corrected chi connectivity index (χ3v) is 2.53. The minimum atomic E-state index is -0.931. The Labute approximate surface area is 93.4 Å². The normalized spacial score (nSPS) is 14.7. The number of aromatic nitrogens is 4. The summed E-state index contributed by atoms with van der Waals surface area (Å²) >= 11 is 0. The van der Waals surface area contributed by atoms with Gasteiger partial charge in [0, 0.05) is 7.11 Å². The van der Waals surface area contributed by atoms with Crippen LogP contribution in [-0.4, -0.2) is 38.4 Å². The number of rotatable bonds is 6. The maximum atomic E-state index is 11.2. The summed E-state index contributed by atoms with van der Waals surface area (Å²) in [5, 5.41) is 20.1. The third kappa shape index (κ3) is 2.54. The number of aliphatic carboxylic acids is 1. The van der Waals surface area contributed by atoms with Crippen LogP contribution in [-0.2, 0) is 16.1 Å². The summed E-state index contributed by atoms with van der Waals surface area (Å²) in [5.74, 6) is -0.550. The van der Waals surface area contributed by atoms with Crippen LogP contribution < -0.4 is 0 Å². The number of hydrogen-bond donors (Lipinski definition) is 1. The van der Waals surface area contributed by atoms with Crippen LogP contribution in [0.15, 0.2) is 0 Å². The van der Waals surface area contributed by atoms with E-state index >= 15 is 0 Å².